The van der Waals surface area contributed by atoms with Crippen LogP contribution in [0.1, 0.15) is 43.6 Å². The van der Waals surface area contributed by atoms with Crippen LogP contribution in [-0.2, 0) is 23.9 Å². The number of hydrogen-bond acceptors (Lipinski definition) is 2. The monoisotopic (exact) mass is 301 g/mol. The normalized spacial score (nSPS) is 23.1. The van der Waals surface area contributed by atoms with Crippen LogP contribution in [-0.4, -0.2) is 21.5 Å². The van der Waals surface area contributed by atoms with Crippen molar-refractivity contribution in [1.82, 2.24) is 14.9 Å². The highest BCUT2D eigenvalue weighted by atomic mass is 19.4. The van der Waals surface area contributed by atoms with Crippen molar-refractivity contribution < 1.29 is 18.0 Å². The fourth-order valence-electron chi connectivity index (χ4n) is 3.28. The fraction of sp³-hybridized carbons (Fsp3) is 0.714. The molecular weight excluding hydrogens is 283 g/mol. The molecule has 1 aromatic heterocycles. The van der Waals surface area contributed by atoms with E-state index in [9.17, 15) is 18.0 Å². The molecule has 1 fully saturated rings. The second kappa shape index (κ2) is 5.35. The lowest BCUT2D eigenvalue weighted by Gasteiger charge is -2.27. The van der Waals surface area contributed by atoms with Gasteiger partial charge in [0.2, 0.25) is 5.91 Å². The summed E-state index contributed by atoms with van der Waals surface area (Å²) in [5, 5.41) is 2.92. The summed E-state index contributed by atoms with van der Waals surface area (Å²) >= 11 is 0. The number of halogens is 3. The Morgan fingerprint density at radius 1 is 1.29 bits per heavy atom. The van der Waals surface area contributed by atoms with E-state index < -0.39 is 11.9 Å². The Hall–Kier alpha value is -1.53. The molecule has 1 unspecified atom stereocenters. The Morgan fingerprint density at radius 3 is 2.67 bits per heavy atom. The first-order valence-corrected chi connectivity index (χ1v) is 7.37. The van der Waals surface area contributed by atoms with Crippen LogP contribution in [0.3, 0.4) is 0 Å². The Balaban J connectivity index is 1.69. The van der Waals surface area contributed by atoms with Crippen LogP contribution < -0.4 is 5.32 Å². The van der Waals surface area contributed by atoms with Crippen LogP contribution in [0, 0.1) is 5.92 Å². The number of rotatable bonds is 2. The first kappa shape index (κ1) is 14.4. The maximum Gasteiger partial charge on any atom is 0.433 e. The van der Waals surface area contributed by atoms with Gasteiger partial charge in [-0.15, -0.1) is 0 Å². The van der Waals surface area contributed by atoms with Gasteiger partial charge in [0.25, 0.3) is 0 Å². The van der Waals surface area contributed by atoms with Crippen molar-refractivity contribution in [3.8, 4) is 0 Å². The molecule has 1 aromatic rings. The van der Waals surface area contributed by atoms with E-state index in [1.54, 1.807) is 0 Å². The molecule has 0 aromatic carbocycles. The van der Waals surface area contributed by atoms with Crippen molar-refractivity contribution in [3.05, 3.63) is 17.7 Å². The molecule has 1 aliphatic carbocycles. The number of aromatic nitrogens is 2. The van der Waals surface area contributed by atoms with Gasteiger partial charge in [0.1, 0.15) is 11.5 Å². The summed E-state index contributed by atoms with van der Waals surface area (Å²) in [4.78, 5) is 15.9. The molecule has 2 heterocycles. The molecule has 21 heavy (non-hydrogen) atoms. The summed E-state index contributed by atoms with van der Waals surface area (Å²) in [6, 6.07) is -0.235. The lowest BCUT2D eigenvalue weighted by molar-refractivity contribution is -0.144. The molecule has 3 rings (SSSR count). The van der Waals surface area contributed by atoms with E-state index >= 15 is 0 Å². The summed E-state index contributed by atoms with van der Waals surface area (Å²) in [5.74, 6) is 0.486. The molecule has 0 spiro atoms. The molecule has 0 saturated heterocycles. The van der Waals surface area contributed by atoms with Crippen molar-refractivity contribution in [2.75, 3.05) is 0 Å². The summed E-state index contributed by atoms with van der Waals surface area (Å²) in [5.41, 5.74) is -0.725. The predicted molar refractivity (Wildman–Crippen MR) is 69.4 cm³/mol. The molecule has 1 amide bonds. The van der Waals surface area contributed by atoms with Crippen molar-refractivity contribution in [1.29, 1.82) is 0 Å². The van der Waals surface area contributed by atoms with Gasteiger partial charge >= 0.3 is 6.18 Å². The number of nitrogens with one attached hydrogen (secondary N) is 1. The standard InChI is InChI=1S/C14H18F3N3O/c15-14(16,17)11-7-18-12-6-5-10(8-20(11)12)19-13(21)9-3-1-2-4-9/h7,9-10H,1-6,8H2,(H,19,21). The molecule has 4 nitrogen and oxygen atoms in total. The molecule has 1 aliphatic heterocycles. The average Bonchev–Trinajstić information content (AvgIpc) is 3.06. The molecule has 116 valence electrons. The number of hydrogen-bond donors (Lipinski definition) is 1. The SMILES string of the molecule is O=C(NC1CCc2ncc(C(F)(F)F)n2C1)C1CCCC1. The molecular formula is C14H18F3N3O. The minimum Gasteiger partial charge on any atom is -0.351 e. The van der Waals surface area contributed by atoms with Gasteiger partial charge in [-0.25, -0.2) is 4.98 Å². The van der Waals surface area contributed by atoms with Gasteiger partial charge in [0.05, 0.1) is 6.20 Å². The zero-order chi connectivity index (χ0) is 15.0. The third-order valence-corrected chi connectivity index (χ3v) is 4.42. The summed E-state index contributed by atoms with van der Waals surface area (Å²) in [6.07, 6.45) is 1.50. The third kappa shape index (κ3) is 2.91. The quantitative estimate of drug-likeness (QED) is 0.912. The number of carbonyl (C=O) groups is 1. The van der Waals surface area contributed by atoms with E-state index in [2.05, 4.69) is 10.3 Å². The van der Waals surface area contributed by atoms with Gasteiger partial charge in [-0.2, -0.15) is 13.2 Å². The minimum absolute atomic E-state index is 0.00498. The molecule has 2 aliphatic rings. The van der Waals surface area contributed by atoms with Gasteiger partial charge in [-0.3, -0.25) is 4.79 Å². The van der Waals surface area contributed by atoms with Gasteiger partial charge in [-0.1, -0.05) is 12.8 Å². The first-order valence-electron chi connectivity index (χ1n) is 7.37. The van der Waals surface area contributed by atoms with Crippen LogP contribution in [0.25, 0.3) is 0 Å². The lowest BCUT2D eigenvalue weighted by Crippen LogP contribution is -2.43. The summed E-state index contributed by atoms with van der Waals surface area (Å²) < 4.78 is 39.9. The average molecular weight is 301 g/mol. The van der Waals surface area contributed by atoms with Crippen molar-refractivity contribution in [2.24, 2.45) is 5.92 Å². The van der Waals surface area contributed by atoms with E-state index in [4.69, 9.17) is 0 Å². The van der Waals surface area contributed by atoms with Gasteiger partial charge in [0, 0.05) is 24.9 Å². The van der Waals surface area contributed by atoms with Crippen molar-refractivity contribution in [3.63, 3.8) is 0 Å². The number of alkyl halides is 3. The van der Waals surface area contributed by atoms with Gasteiger partial charge < -0.3 is 9.88 Å². The number of imidazole rings is 1. The summed E-state index contributed by atoms with van der Waals surface area (Å²) in [7, 11) is 0. The zero-order valence-electron chi connectivity index (χ0n) is 11.6. The van der Waals surface area contributed by atoms with E-state index in [0.717, 1.165) is 31.9 Å². The Morgan fingerprint density at radius 2 is 2.00 bits per heavy atom. The largest absolute Gasteiger partial charge is 0.433 e. The second-order valence-electron chi connectivity index (χ2n) is 5.89. The Labute approximate surface area is 120 Å². The zero-order valence-corrected chi connectivity index (χ0v) is 11.6. The lowest BCUT2D eigenvalue weighted by atomic mass is 10.0. The molecule has 1 saturated carbocycles. The van der Waals surface area contributed by atoms with Crippen molar-refractivity contribution >= 4 is 5.91 Å². The number of fused-ring (bicyclic) bond motifs is 1. The van der Waals surface area contributed by atoms with Crippen LogP contribution in [0.15, 0.2) is 6.20 Å². The Bertz CT molecular complexity index is 532. The van der Waals surface area contributed by atoms with Crippen LogP contribution in [0.4, 0.5) is 13.2 Å². The van der Waals surface area contributed by atoms with Gasteiger partial charge in [0.15, 0.2) is 0 Å². The van der Waals surface area contributed by atoms with E-state index in [1.807, 2.05) is 0 Å². The first-order chi connectivity index (χ1) is 9.95. The maximum absolute atomic E-state index is 12.9. The Kier molecular flexibility index (Phi) is 3.67. The molecule has 0 radical (unpaired) electrons. The van der Waals surface area contributed by atoms with Crippen LogP contribution >= 0.6 is 0 Å². The minimum atomic E-state index is -4.40. The molecule has 7 heteroatoms. The maximum atomic E-state index is 12.9. The van der Waals surface area contributed by atoms with Gasteiger partial charge in [-0.05, 0) is 19.3 Å². The van der Waals surface area contributed by atoms with Crippen LogP contribution in [0.2, 0.25) is 0 Å². The van der Waals surface area contributed by atoms with Crippen molar-refractivity contribution in [2.45, 2.75) is 57.3 Å². The highest BCUT2D eigenvalue weighted by Gasteiger charge is 2.38. The number of aryl methyl sites for hydroxylation is 1. The van der Waals surface area contributed by atoms with E-state index in [1.165, 1.54) is 4.57 Å². The van der Waals surface area contributed by atoms with E-state index in [0.29, 0.717) is 18.7 Å². The summed E-state index contributed by atoms with van der Waals surface area (Å²) in [6.45, 7) is 0.155. The molecule has 1 atom stereocenters. The fourth-order valence-corrected chi connectivity index (χ4v) is 3.28. The number of nitrogens with zero attached hydrogens (tertiary/aromatic N) is 2. The number of carbonyl (C=O) groups excluding carboxylic acids is 1. The van der Waals surface area contributed by atoms with Crippen LogP contribution in [0.5, 0.6) is 0 Å². The highest BCUT2D eigenvalue weighted by molar-refractivity contribution is 5.79. The highest BCUT2D eigenvalue weighted by Crippen LogP contribution is 2.32. The molecule has 0 bridgehead atoms. The third-order valence-electron chi connectivity index (χ3n) is 4.42. The van der Waals surface area contributed by atoms with E-state index in [-0.39, 0.29) is 24.4 Å². The number of amides is 1. The smallest absolute Gasteiger partial charge is 0.351 e. The second-order valence-corrected chi connectivity index (χ2v) is 5.89. The predicted octanol–water partition coefficient (Wildman–Crippen LogP) is 2.52. The topological polar surface area (TPSA) is 46.9 Å². The molecule has 1 N–H and O–H groups in total.